The van der Waals surface area contributed by atoms with Gasteiger partial charge in [-0.3, -0.25) is 4.79 Å². The van der Waals surface area contributed by atoms with Gasteiger partial charge in [0.15, 0.2) is 5.88 Å². The highest BCUT2D eigenvalue weighted by Gasteiger charge is 2.18. The Balaban J connectivity index is 1.47. The summed E-state index contributed by atoms with van der Waals surface area (Å²) in [7, 11) is 0. The topological polar surface area (TPSA) is 63.0 Å². The zero-order valence-corrected chi connectivity index (χ0v) is 15.8. The van der Waals surface area contributed by atoms with E-state index < -0.39 is 0 Å². The van der Waals surface area contributed by atoms with Crippen LogP contribution in [0.1, 0.15) is 36.5 Å². The molecule has 1 aliphatic heterocycles. The maximum atomic E-state index is 12.8. The molecule has 1 aliphatic rings. The van der Waals surface area contributed by atoms with Gasteiger partial charge in [0.05, 0.1) is 25.6 Å². The summed E-state index contributed by atoms with van der Waals surface area (Å²) in [5.41, 5.74) is 0. The van der Waals surface area contributed by atoms with Gasteiger partial charge in [-0.15, -0.1) is 0 Å². The Kier molecular flexibility index (Phi) is 5.66. The number of nitrogens with zero attached hydrogens (tertiary/aromatic N) is 2. The number of carbonyl (C=O) groups excluding carboxylic acids is 1. The number of piperidine rings is 1. The van der Waals surface area contributed by atoms with Crippen LogP contribution >= 0.6 is 0 Å². The highest BCUT2D eigenvalue weighted by Crippen LogP contribution is 2.24. The smallest absolute Gasteiger partial charge is 0.247 e. The van der Waals surface area contributed by atoms with Gasteiger partial charge in [-0.05, 0) is 55.7 Å². The first-order chi connectivity index (χ1) is 13.8. The van der Waals surface area contributed by atoms with E-state index in [0.717, 1.165) is 30.5 Å². The van der Waals surface area contributed by atoms with Crippen molar-refractivity contribution in [2.75, 3.05) is 18.0 Å². The summed E-state index contributed by atoms with van der Waals surface area (Å²) in [5.74, 6) is 2.86. The van der Waals surface area contributed by atoms with E-state index >= 15 is 0 Å². The Morgan fingerprint density at radius 1 is 0.964 bits per heavy atom. The van der Waals surface area contributed by atoms with Gasteiger partial charge in [-0.2, -0.15) is 0 Å². The Labute approximate surface area is 164 Å². The fraction of sp³-hybridized carbons (Fsp3) is 0.318. The van der Waals surface area contributed by atoms with Gasteiger partial charge < -0.3 is 23.1 Å². The lowest BCUT2D eigenvalue weighted by Gasteiger charge is -2.26. The molecule has 0 unspecified atom stereocenters. The number of carbonyl (C=O) groups is 1. The van der Waals surface area contributed by atoms with Crippen molar-refractivity contribution in [3.8, 4) is 0 Å². The summed E-state index contributed by atoms with van der Waals surface area (Å²) in [6, 6.07) is 11.2. The van der Waals surface area contributed by atoms with Crippen molar-refractivity contribution in [2.24, 2.45) is 0 Å². The summed E-state index contributed by atoms with van der Waals surface area (Å²) in [6.07, 6.45) is 10.0. The van der Waals surface area contributed by atoms with E-state index in [9.17, 15) is 4.79 Å². The summed E-state index contributed by atoms with van der Waals surface area (Å²) in [4.78, 5) is 16.7. The highest BCUT2D eigenvalue weighted by molar-refractivity contribution is 5.91. The molecule has 4 rings (SSSR count). The van der Waals surface area contributed by atoms with Crippen molar-refractivity contribution in [3.05, 3.63) is 72.3 Å². The molecule has 6 nitrogen and oxygen atoms in total. The molecule has 4 heterocycles. The molecule has 0 bridgehead atoms. The van der Waals surface area contributed by atoms with Crippen molar-refractivity contribution < 1.29 is 18.0 Å². The van der Waals surface area contributed by atoms with Crippen LogP contribution in [0.3, 0.4) is 0 Å². The van der Waals surface area contributed by atoms with E-state index in [2.05, 4.69) is 4.90 Å². The van der Waals surface area contributed by atoms with Crippen molar-refractivity contribution in [2.45, 2.75) is 32.4 Å². The van der Waals surface area contributed by atoms with Crippen LogP contribution in [-0.2, 0) is 17.9 Å². The lowest BCUT2D eigenvalue weighted by Crippen LogP contribution is -2.29. The molecule has 1 fully saturated rings. The van der Waals surface area contributed by atoms with Crippen LogP contribution in [0.5, 0.6) is 0 Å². The molecule has 0 radical (unpaired) electrons. The average Bonchev–Trinajstić information content (AvgIpc) is 3.49. The maximum absolute atomic E-state index is 12.8. The molecule has 6 heteroatoms. The number of anilines is 1. The molecule has 3 aromatic rings. The molecular weight excluding hydrogens is 356 g/mol. The molecule has 1 amide bonds. The second-order valence-electron chi connectivity index (χ2n) is 6.91. The molecule has 28 heavy (non-hydrogen) atoms. The Morgan fingerprint density at radius 2 is 1.75 bits per heavy atom. The third-order valence-corrected chi connectivity index (χ3v) is 4.83. The highest BCUT2D eigenvalue weighted by atomic mass is 16.4. The third-order valence-electron chi connectivity index (χ3n) is 4.83. The summed E-state index contributed by atoms with van der Waals surface area (Å²) in [5, 5.41) is 0. The van der Waals surface area contributed by atoms with Crippen LogP contribution in [0.2, 0.25) is 0 Å². The lowest BCUT2D eigenvalue weighted by molar-refractivity contribution is -0.127. The molecular formula is C22H24N2O4. The first-order valence-corrected chi connectivity index (χ1v) is 9.64. The molecule has 0 spiro atoms. The minimum atomic E-state index is -0.135. The van der Waals surface area contributed by atoms with Crippen molar-refractivity contribution in [3.63, 3.8) is 0 Å². The lowest BCUT2D eigenvalue weighted by atomic mass is 10.1. The molecule has 0 aromatic carbocycles. The predicted octanol–water partition coefficient (Wildman–Crippen LogP) is 4.70. The molecule has 0 aliphatic carbocycles. The molecule has 1 saturated heterocycles. The zero-order valence-electron chi connectivity index (χ0n) is 15.8. The fourth-order valence-electron chi connectivity index (χ4n) is 3.37. The number of hydrogen-bond donors (Lipinski definition) is 0. The van der Waals surface area contributed by atoms with E-state index in [0.29, 0.717) is 18.8 Å². The van der Waals surface area contributed by atoms with Crippen molar-refractivity contribution >= 4 is 17.9 Å². The Morgan fingerprint density at radius 3 is 2.50 bits per heavy atom. The van der Waals surface area contributed by atoms with Gasteiger partial charge in [0.25, 0.3) is 0 Å². The molecule has 0 atom stereocenters. The van der Waals surface area contributed by atoms with E-state index in [-0.39, 0.29) is 5.91 Å². The van der Waals surface area contributed by atoms with Crippen LogP contribution in [0.4, 0.5) is 5.88 Å². The Bertz CT molecular complexity index is 887. The third kappa shape index (κ3) is 4.57. The first-order valence-electron chi connectivity index (χ1n) is 9.64. The number of rotatable bonds is 7. The van der Waals surface area contributed by atoms with E-state index in [1.807, 2.05) is 24.3 Å². The summed E-state index contributed by atoms with van der Waals surface area (Å²) < 4.78 is 16.7. The van der Waals surface area contributed by atoms with Crippen LogP contribution in [0, 0.1) is 0 Å². The zero-order chi connectivity index (χ0) is 19.2. The van der Waals surface area contributed by atoms with E-state index in [1.165, 1.54) is 25.3 Å². The number of furan rings is 3. The van der Waals surface area contributed by atoms with Gasteiger partial charge >= 0.3 is 0 Å². The summed E-state index contributed by atoms with van der Waals surface area (Å²) >= 11 is 0. The molecule has 146 valence electrons. The van der Waals surface area contributed by atoms with Gasteiger partial charge in [0.1, 0.15) is 17.3 Å². The Hall–Kier alpha value is -3.15. The monoisotopic (exact) mass is 380 g/mol. The molecule has 3 aromatic heterocycles. The van der Waals surface area contributed by atoms with E-state index in [4.69, 9.17) is 13.3 Å². The number of amides is 1. The minimum absolute atomic E-state index is 0.135. The number of hydrogen-bond acceptors (Lipinski definition) is 5. The second-order valence-corrected chi connectivity index (χ2v) is 6.91. The minimum Gasteiger partial charge on any atom is -0.467 e. The van der Waals surface area contributed by atoms with Crippen LogP contribution in [-0.4, -0.2) is 23.9 Å². The van der Waals surface area contributed by atoms with Crippen molar-refractivity contribution in [1.82, 2.24) is 4.90 Å². The summed E-state index contributed by atoms with van der Waals surface area (Å²) in [6.45, 7) is 2.78. The molecule has 0 N–H and O–H groups in total. The quantitative estimate of drug-likeness (QED) is 0.556. The van der Waals surface area contributed by atoms with Crippen LogP contribution in [0.25, 0.3) is 6.08 Å². The first kappa shape index (κ1) is 18.2. The van der Waals surface area contributed by atoms with E-state index in [1.54, 1.807) is 35.6 Å². The van der Waals surface area contributed by atoms with Gasteiger partial charge in [-0.25, -0.2) is 0 Å². The van der Waals surface area contributed by atoms with Gasteiger partial charge in [0.2, 0.25) is 5.91 Å². The van der Waals surface area contributed by atoms with Crippen LogP contribution in [0.15, 0.2) is 68.3 Å². The fourth-order valence-corrected chi connectivity index (χ4v) is 3.37. The normalized spacial score (nSPS) is 14.6. The van der Waals surface area contributed by atoms with Crippen molar-refractivity contribution in [1.29, 1.82) is 0 Å². The van der Waals surface area contributed by atoms with Crippen LogP contribution < -0.4 is 4.90 Å². The largest absolute Gasteiger partial charge is 0.467 e. The predicted molar refractivity (Wildman–Crippen MR) is 105 cm³/mol. The average molecular weight is 380 g/mol. The van der Waals surface area contributed by atoms with Gasteiger partial charge in [-0.1, -0.05) is 0 Å². The molecule has 0 saturated carbocycles. The second kappa shape index (κ2) is 8.69. The maximum Gasteiger partial charge on any atom is 0.247 e. The van der Waals surface area contributed by atoms with Gasteiger partial charge in [0, 0.05) is 25.2 Å². The standard InChI is InChI=1S/C22H24N2O4/c25-21(10-8-18-6-4-14-26-18)24(16-19-7-5-15-27-19)17-20-9-11-22(28-20)23-12-2-1-3-13-23/h4-11,14-15H,1-3,12-13,16-17H2/b10-8+. The SMILES string of the molecule is O=C(/C=C/c1ccco1)N(Cc1ccco1)Cc1ccc(N2CCCCC2)o1.